The van der Waals surface area contributed by atoms with Crippen molar-refractivity contribution in [1.29, 1.82) is 0 Å². The van der Waals surface area contributed by atoms with Gasteiger partial charge in [-0.25, -0.2) is 0 Å². The predicted octanol–water partition coefficient (Wildman–Crippen LogP) is 1.13. The van der Waals surface area contributed by atoms with Crippen LogP contribution in [0.4, 0.5) is 0 Å². The van der Waals surface area contributed by atoms with Gasteiger partial charge < -0.3 is 20.4 Å². The molecule has 0 radical (unpaired) electrons. The maximum absolute atomic E-state index is 3.75. The zero-order valence-electron chi connectivity index (χ0n) is 13.5. The summed E-state index contributed by atoms with van der Waals surface area (Å²) in [4.78, 5) is 5.35. The van der Waals surface area contributed by atoms with Crippen LogP contribution < -0.4 is 10.6 Å². The number of fused-ring (bicyclic) bond motifs is 3. The Morgan fingerprint density at radius 2 is 1.20 bits per heavy atom. The molecule has 4 nitrogen and oxygen atoms in total. The molecule has 0 aliphatic carbocycles. The lowest BCUT2D eigenvalue weighted by molar-refractivity contribution is 0.154. The topological polar surface area (TPSA) is 30.5 Å². The summed E-state index contributed by atoms with van der Waals surface area (Å²) in [5.41, 5.74) is 0. The number of hydrogen-bond donors (Lipinski definition) is 2. The predicted molar refractivity (Wildman–Crippen MR) is 86.3 cm³/mol. The van der Waals surface area contributed by atoms with Gasteiger partial charge in [-0.2, -0.15) is 0 Å². The molecule has 118 valence electrons. The second kappa shape index (κ2) is 8.98. The van der Waals surface area contributed by atoms with Crippen LogP contribution >= 0.6 is 0 Å². The fraction of sp³-hybridized carbons (Fsp3) is 1.00. The second-order valence-corrected chi connectivity index (χ2v) is 6.43. The van der Waals surface area contributed by atoms with E-state index in [1.54, 1.807) is 0 Å². The standard InChI is InChI=1S/C16H34N4/c1-3-15-13-19-9-6-8-18-16(4-2)14-20(12-11-19)10-5-7-17-15/h15-18H,3-14H2,1-2H3. The van der Waals surface area contributed by atoms with Crippen LogP contribution in [0.5, 0.6) is 0 Å². The lowest BCUT2D eigenvalue weighted by Crippen LogP contribution is -2.50. The molecule has 2 rings (SSSR count). The fourth-order valence-corrected chi connectivity index (χ4v) is 3.39. The average molecular weight is 282 g/mol. The SMILES string of the molecule is CCC1CN2CCCNC(CC)CN(CCCN1)CC2. The Bertz CT molecular complexity index is 233. The highest BCUT2D eigenvalue weighted by molar-refractivity contribution is 4.79. The quantitative estimate of drug-likeness (QED) is 0.795. The fourth-order valence-electron chi connectivity index (χ4n) is 3.39. The summed E-state index contributed by atoms with van der Waals surface area (Å²) in [6.45, 7) is 14.4. The van der Waals surface area contributed by atoms with Crippen LogP contribution in [-0.4, -0.2) is 74.2 Å². The Hall–Kier alpha value is -0.160. The van der Waals surface area contributed by atoms with Crippen molar-refractivity contribution < 1.29 is 0 Å². The molecule has 0 aromatic heterocycles. The van der Waals surface area contributed by atoms with E-state index in [9.17, 15) is 0 Å². The summed E-state index contributed by atoms with van der Waals surface area (Å²) in [5, 5.41) is 7.50. The molecule has 2 aliphatic heterocycles. The molecule has 2 saturated heterocycles. The third kappa shape index (κ3) is 5.32. The molecule has 0 aromatic rings. The molecule has 2 heterocycles. The van der Waals surface area contributed by atoms with Crippen molar-refractivity contribution in [2.24, 2.45) is 0 Å². The summed E-state index contributed by atoms with van der Waals surface area (Å²) in [6, 6.07) is 1.36. The van der Waals surface area contributed by atoms with E-state index in [1.807, 2.05) is 0 Å². The zero-order chi connectivity index (χ0) is 14.2. The monoisotopic (exact) mass is 282 g/mol. The summed E-state index contributed by atoms with van der Waals surface area (Å²) in [7, 11) is 0. The highest BCUT2D eigenvalue weighted by Crippen LogP contribution is 2.06. The van der Waals surface area contributed by atoms with Crippen LogP contribution in [0.2, 0.25) is 0 Å². The highest BCUT2D eigenvalue weighted by Gasteiger charge is 2.19. The normalized spacial score (nSPS) is 37.5. The molecular weight excluding hydrogens is 248 g/mol. The zero-order valence-corrected chi connectivity index (χ0v) is 13.5. The van der Waals surface area contributed by atoms with Crippen LogP contribution in [0, 0.1) is 0 Å². The van der Waals surface area contributed by atoms with Crippen LogP contribution in [0.25, 0.3) is 0 Å². The van der Waals surface area contributed by atoms with E-state index >= 15 is 0 Å². The molecule has 0 spiro atoms. The summed E-state index contributed by atoms with van der Waals surface area (Å²) in [5.74, 6) is 0. The largest absolute Gasteiger partial charge is 0.313 e. The Morgan fingerprint density at radius 3 is 1.60 bits per heavy atom. The molecule has 2 bridgehead atoms. The van der Waals surface area contributed by atoms with E-state index in [-0.39, 0.29) is 0 Å². The van der Waals surface area contributed by atoms with Gasteiger partial charge in [0.05, 0.1) is 0 Å². The minimum Gasteiger partial charge on any atom is -0.313 e. The molecule has 0 aromatic carbocycles. The third-order valence-corrected chi connectivity index (χ3v) is 4.84. The first-order chi connectivity index (χ1) is 9.81. The van der Waals surface area contributed by atoms with E-state index in [0.29, 0.717) is 12.1 Å². The molecular formula is C16H34N4. The van der Waals surface area contributed by atoms with E-state index < -0.39 is 0 Å². The Morgan fingerprint density at radius 1 is 0.750 bits per heavy atom. The minimum atomic E-state index is 0.681. The summed E-state index contributed by atoms with van der Waals surface area (Å²) >= 11 is 0. The van der Waals surface area contributed by atoms with Crippen molar-refractivity contribution >= 4 is 0 Å². The summed E-state index contributed by atoms with van der Waals surface area (Å²) < 4.78 is 0. The average Bonchev–Trinajstić information content (AvgIpc) is 2.49. The molecule has 2 aliphatic rings. The van der Waals surface area contributed by atoms with Gasteiger partial charge in [-0.1, -0.05) is 13.8 Å². The van der Waals surface area contributed by atoms with Crippen LogP contribution in [0.15, 0.2) is 0 Å². The van der Waals surface area contributed by atoms with E-state index in [2.05, 4.69) is 34.3 Å². The van der Waals surface area contributed by atoms with Crippen molar-refractivity contribution in [3.8, 4) is 0 Å². The van der Waals surface area contributed by atoms with Gasteiger partial charge in [0.15, 0.2) is 0 Å². The van der Waals surface area contributed by atoms with Crippen LogP contribution in [0.1, 0.15) is 39.5 Å². The smallest absolute Gasteiger partial charge is 0.0192 e. The van der Waals surface area contributed by atoms with Crippen LogP contribution in [-0.2, 0) is 0 Å². The first-order valence-electron chi connectivity index (χ1n) is 8.73. The first kappa shape index (κ1) is 16.2. The van der Waals surface area contributed by atoms with Gasteiger partial charge in [0.25, 0.3) is 0 Å². The highest BCUT2D eigenvalue weighted by atomic mass is 15.2. The maximum Gasteiger partial charge on any atom is 0.0192 e. The van der Waals surface area contributed by atoms with Crippen molar-refractivity contribution in [2.75, 3.05) is 52.4 Å². The molecule has 0 saturated carbocycles. The van der Waals surface area contributed by atoms with Crippen molar-refractivity contribution in [1.82, 2.24) is 20.4 Å². The Labute approximate surface area is 125 Å². The lowest BCUT2D eigenvalue weighted by Gasteiger charge is -2.35. The van der Waals surface area contributed by atoms with Gasteiger partial charge in [0.2, 0.25) is 0 Å². The van der Waals surface area contributed by atoms with Crippen molar-refractivity contribution in [3.63, 3.8) is 0 Å². The van der Waals surface area contributed by atoms with Gasteiger partial charge in [-0.3, -0.25) is 0 Å². The Kier molecular flexibility index (Phi) is 7.28. The van der Waals surface area contributed by atoms with Gasteiger partial charge in [-0.05, 0) is 51.9 Å². The molecule has 20 heavy (non-hydrogen) atoms. The maximum atomic E-state index is 3.75. The second-order valence-electron chi connectivity index (χ2n) is 6.43. The molecule has 4 heteroatoms. The number of rotatable bonds is 2. The van der Waals surface area contributed by atoms with E-state index in [0.717, 1.165) is 0 Å². The van der Waals surface area contributed by atoms with E-state index in [1.165, 1.54) is 78.0 Å². The lowest BCUT2D eigenvalue weighted by atomic mass is 10.1. The molecule has 4 unspecified atom stereocenters. The number of nitrogens with one attached hydrogen (secondary N) is 2. The van der Waals surface area contributed by atoms with E-state index in [4.69, 9.17) is 0 Å². The molecule has 2 N–H and O–H groups in total. The molecule has 0 amide bonds. The summed E-state index contributed by atoms with van der Waals surface area (Å²) in [6.07, 6.45) is 5.06. The Balaban J connectivity index is 1.97. The van der Waals surface area contributed by atoms with Crippen LogP contribution in [0.3, 0.4) is 0 Å². The minimum absolute atomic E-state index is 0.681. The van der Waals surface area contributed by atoms with Crippen molar-refractivity contribution in [2.45, 2.75) is 51.6 Å². The van der Waals surface area contributed by atoms with Gasteiger partial charge in [-0.15, -0.1) is 0 Å². The van der Waals surface area contributed by atoms with Gasteiger partial charge in [0, 0.05) is 38.3 Å². The number of hydrogen-bond acceptors (Lipinski definition) is 4. The third-order valence-electron chi connectivity index (χ3n) is 4.84. The van der Waals surface area contributed by atoms with Gasteiger partial charge in [0.1, 0.15) is 0 Å². The first-order valence-corrected chi connectivity index (χ1v) is 8.73. The molecule has 2 fully saturated rings. The van der Waals surface area contributed by atoms with Gasteiger partial charge >= 0.3 is 0 Å². The van der Waals surface area contributed by atoms with Crippen molar-refractivity contribution in [3.05, 3.63) is 0 Å². The number of nitrogens with zero attached hydrogens (tertiary/aromatic N) is 2. The molecule has 4 atom stereocenters.